The number of nitrogens with one attached hydrogen (secondary N) is 1. The lowest BCUT2D eigenvalue weighted by Crippen LogP contribution is -2.31. The fourth-order valence-electron chi connectivity index (χ4n) is 3.93. The van der Waals surface area contributed by atoms with Crippen molar-refractivity contribution in [2.75, 3.05) is 20.8 Å². The highest BCUT2D eigenvalue weighted by Gasteiger charge is 2.23. The molecule has 0 saturated carbocycles. The van der Waals surface area contributed by atoms with Crippen molar-refractivity contribution in [3.63, 3.8) is 0 Å². The molecular weight excluding hydrogens is 362 g/mol. The van der Waals surface area contributed by atoms with Gasteiger partial charge in [-0.25, -0.2) is 0 Å². The highest BCUT2D eigenvalue weighted by molar-refractivity contribution is 6.08. The van der Waals surface area contributed by atoms with E-state index in [-0.39, 0.29) is 11.8 Å². The first-order chi connectivity index (χ1) is 14.2. The Kier molecular flexibility index (Phi) is 5.63. The largest absolute Gasteiger partial charge is 0.493 e. The predicted molar refractivity (Wildman–Crippen MR) is 114 cm³/mol. The van der Waals surface area contributed by atoms with Gasteiger partial charge in [0.1, 0.15) is 0 Å². The Bertz CT molecular complexity index is 997. The summed E-state index contributed by atoms with van der Waals surface area (Å²) in [6.07, 6.45) is 1.82. The second-order valence-corrected chi connectivity index (χ2v) is 7.26. The third kappa shape index (κ3) is 4.03. The van der Waals surface area contributed by atoms with Crippen molar-refractivity contribution in [3.05, 3.63) is 94.5 Å². The third-order valence-corrected chi connectivity index (χ3v) is 5.50. The van der Waals surface area contributed by atoms with Crippen LogP contribution in [0.3, 0.4) is 0 Å². The maximum Gasteiger partial charge on any atom is 0.193 e. The minimum atomic E-state index is 0.0510. The van der Waals surface area contributed by atoms with E-state index in [2.05, 4.69) is 17.4 Å². The lowest BCUT2D eigenvalue weighted by Gasteiger charge is -2.28. The maximum absolute atomic E-state index is 12.6. The lowest BCUT2D eigenvalue weighted by molar-refractivity contribution is 0.103. The van der Waals surface area contributed by atoms with Gasteiger partial charge >= 0.3 is 0 Å². The fraction of sp³-hybridized carbons (Fsp3) is 0.240. The first-order valence-electron chi connectivity index (χ1n) is 9.86. The molecule has 0 aliphatic carbocycles. The van der Waals surface area contributed by atoms with Crippen molar-refractivity contribution >= 4 is 5.78 Å². The van der Waals surface area contributed by atoms with Crippen LogP contribution in [-0.2, 0) is 12.8 Å². The van der Waals surface area contributed by atoms with Crippen LogP contribution in [0.1, 0.15) is 38.7 Å². The quantitative estimate of drug-likeness (QED) is 0.638. The van der Waals surface area contributed by atoms with E-state index in [1.165, 1.54) is 16.7 Å². The van der Waals surface area contributed by atoms with Crippen LogP contribution in [0.25, 0.3) is 0 Å². The van der Waals surface area contributed by atoms with Gasteiger partial charge in [0.2, 0.25) is 0 Å². The average molecular weight is 387 g/mol. The van der Waals surface area contributed by atoms with Gasteiger partial charge in [0, 0.05) is 17.2 Å². The molecule has 1 aliphatic rings. The summed E-state index contributed by atoms with van der Waals surface area (Å²) in [6.45, 7) is 0.928. The number of carbonyl (C=O) groups excluding carboxylic acids is 1. The number of ether oxygens (including phenoxy) is 2. The van der Waals surface area contributed by atoms with Crippen LogP contribution in [0.15, 0.2) is 66.7 Å². The molecule has 0 fully saturated rings. The molecule has 3 aromatic carbocycles. The van der Waals surface area contributed by atoms with Gasteiger partial charge in [-0.1, -0.05) is 54.6 Å². The van der Waals surface area contributed by atoms with E-state index in [1.807, 2.05) is 54.6 Å². The first-order valence-corrected chi connectivity index (χ1v) is 9.86. The number of fused-ring (bicyclic) bond motifs is 1. The van der Waals surface area contributed by atoms with Gasteiger partial charge in [-0.05, 0) is 48.2 Å². The van der Waals surface area contributed by atoms with Crippen LogP contribution in [0.4, 0.5) is 0 Å². The minimum Gasteiger partial charge on any atom is -0.493 e. The summed E-state index contributed by atoms with van der Waals surface area (Å²) in [7, 11) is 3.33. The molecule has 0 bridgehead atoms. The Hall–Kier alpha value is -3.11. The second-order valence-electron chi connectivity index (χ2n) is 7.26. The van der Waals surface area contributed by atoms with Gasteiger partial charge in [-0.15, -0.1) is 0 Å². The summed E-state index contributed by atoms with van der Waals surface area (Å²) >= 11 is 0. The van der Waals surface area contributed by atoms with Crippen LogP contribution in [0.5, 0.6) is 11.5 Å². The Morgan fingerprint density at radius 1 is 0.931 bits per heavy atom. The molecule has 1 atom stereocenters. The topological polar surface area (TPSA) is 47.6 Å². The Balaban J connectivity index is 1.54. The van der Waals surface area contributed by atoms with Gasteiger partial charge in [-0.3, -0.25) is 4.79 Å². The molecule has 1 unspecified atom stereocenters. The zero-order valence-corrected chi connectivity index (χ0v) is 16.8. The summed E-state index contributed by atoms with van der Waals surface area (Å²) in [5, 5.41) is 3.61. The number of rotatable bonds is 6. The number of carbonyl (C=O) groups is 1. The van der Waals surface area contributed by atoms with Crippen molar-refractivity contribution in [1.29, 1.82) is 0 Å². The highest BCUT2D eigenvalue weighted by Crippen LogP contribution is 2.36. The molecule has 0 radical (unpaired) electrons. The van der Waals surface area contributed by atoms with E-state index in [0.29, 0.717) is 11.1 Å². The van der Waals surface area contributed by atoms with Crippen molar-refractivity contribution < 1.29 is 14.3 Å². The molecule has 4 rings (SSSR count). The van der Waals surface area contributed by atoms with Crippen LogP contribution in [-0.4, -0.2) is 26.5 Å². The van der Waals surface area contributed by atoms with E-state index in [0.717, 1.165) is 30.9 Å². The number of methoxy groups -OCH3 is 2. The maximum atomic E-state index is 12.6. The molecule has 3 aromatic rings. The van der Waals surface area contributed by atoms with E-state index < -0.39 is 0 Å². The smallest absolute Gasteiger partial charge is 0.193 e. The van der Waals surface area contributed by atoms with Gasteiger partial charge < -0.3 is 14.8 Å². The zero-order valence-electron chi connectivity index (χ0n) is 16.8. The third-order valence-electron chi connectivity index (χ3n) is 5.50. The van der Waals surface area contributed by atoms with Gasteiger partial charge in [-0.2, -0.15) is 0 Å². The Morgan fingerprint density at radius 2 is 1.59 bits per heavy atom. The van der Waals surface area contributed by atoms with Crippen molar-refractivity contribution in [2.45, 2.75) is 18.9 Å². The normalized spacial score (nSPS) is 15.4. The molecule has 1 heterocycles. The Labute approximate surface area is 171 Å². The number of hydrogen-bond donors (Lipinski definition) is 1. The molecule has 0 amide bonds. The molecule has 29 heavy (non-hydrogen) atoms. The molecule has 0 aromatic heterocycles. The zero-order chi connectivity index (χ0) is 20.2. The highest BCUT2D eigenvalue weighted by atomic mass is 16.5. The predicted octanol–water partition coefficient (Wildman–Crippen LogP) is 4.36. The number of hydrogen-bond acceptors (Lipinski definition) is 4. The van der Waals surface area contributed by atoms with E-state index >= 15 is 0 Å². The van der Waals surface area contributed by atoms with Crippen molar-refractivity contribution in [2.24, 2.45) is 0 Å². The first kappa shape index (κ1) is 19.2. The molecular formula is C25H25NO3. The summed E-state index contributed by atoms with van der Waals surface area (Å²) in [5.74, 6) is 1.58. The minimum absolute atomic E-state index is 0.0510. The molecule has 1 aliphatic heterocycles. The van der Waals surface area contributed by atoms with Crippen LogP contribution < -0.4 is 14.8 Å². The number of ketones is 1. The average Bonchev–Trinajstić information content (AvgIpc) is 2.79. The Morgan fingerprint density at radius 3 is 2.28 bits per heavy atom. The standard InChI is InChI=1S/C25H25NO3/c1-28-23-15-20-12-13-26-22(21(20)16-24(23)29-2)14-17-8-10-19(11-9-17)25(27)18-6-4-3-5-7-18/h3-11,15-16,22,26H,12-14H2,1-2H3. The van der Waals surface area contributed by atoms with Gasteiger partial charge in [0.05, 0.1) is 14.2 Å². The summed E-state index contributed by atoms with van der Waals surface area (Å²) < 4.78 is 10.9. The van der Waals surface area contributed by atoms with E-state index in [9.17, 15) is 4.79 Å². The summed E-state index contributed by atoms with van der Waals surface area (Å²) in [5.41, 5.74) is 5.16. The van der Waals surface area contributed by atoms with Gasteiger partial charge in [0.15, 0.2) is 17.3 Å². The number of benzene rings is 3. The lowest BCUT2D eigenvalue weighted by atomic mass is 9.89. The van der Waals surface area contributed by atoms with Crippen LogP contribution >= 0.6 is 0 Å². The molecule has 0 saturated heterocycles. The summed E-state index contributed by atoms with van der Waals surface area (Å²) in [4.78, 5) is 12.6. The van der Waals surface area contributed by atoms with Gasteiger partial charge in [0.25, 0.3) is 0 Å². The molecule has 148 valence electrons. The van der Waals surface area contributed by atoms with Crippen LogP contribution in [0.2, 0.25) is 0 Å². The SMILES string of the molecule is COc1cc2c(cc1OC)C(Cc1ccc(C(=O)c3ccccc3)cc1)NCC2. The molecule has 0 spiro atoms. The van der Waals surface area contributed by atoms with Crippen molar-refractivity contribution in [1.82, 2.24) is 5.32 Å². The van der Waals surface area contributed by atoms with E-state index in [1.54, 1.807) is 14.2 Å². The van der Waals surface area contributed by atoms with Crippen molar-refractivity contribution in [3.8, 4) is 11.5 Å². The monoisotopic (exact) mass is 387 g/mol. The molecule has 4 heteroatoms. The van der Waals surface area contributed by atoms with Crippen LogP contribution in [0, 0.1) is 0 Å². The summed E-state index contributed by atoms with van der Waals surface area (Å²) in [6, 6.07) is 21.7. The fourth-order valence-corrected chi connectivity index (χ4v) is 3.93. The van der Waals surface area contributed by atoms with E-state index in [4.69, 9.17) is 9.47 Å². The molecule has 1 N–H and O–H groups in total. The molecule has 4 nitrogen and oxygen atoms in total. The second kappa shape index (κ2) is 8.50.